The lowest BCUT2D eigenvalue weighted by Crippen LogP contribution is -2.22. The van der Waals surface area contributed by atoms with E-state index in [0.717, 1.165) is 6.07 Å². The lowest BCUT2D eigenvalue weighted by atomic mass is 10.1. The van der Waals surface area contributed by atoms with Gasteiger partial charge in [-0.3, -0.25) is 9.52 Å². The normalized spacial score (nSPS) is 11.6. The van der Waals surface area contributed by atoms with E-state index in [-0.39, 0.29) is 28.5 Å². The van der Waals surface area contributed by atoms with Gasteiger partial charge in [0.2, 0.25) is 5.78 Å². The predicted molar refractivity (Wildman–Crippen MR) is 138 cm³/mol. The molecule has 0 aliphatic heterocycles. The van der Waals surface area contributed by atoms with Crippen LogP contribution in [-0.4, -0.2) is 29.0 Å². The van der Waals surface area contributed by atoms with Gasteiger partial charge in [0.05, 0.1) is 28.8 Å². The van der Waals surface area contributed by atoms with Gasteiger partial charge in [-0.05, 0) is 61.0 Å². The first kappa shape index (κ1) is 24.9. The van der Waals surface area contributed by atoms with E-state index in [4.69, 9.17) is 15.6 Å². The van der Waals surface area contributed by atoms with Crippen LogP contribution < -0.4 is 20.3 Å². The Morgan fingerprint density at radius 2 is 1.82 bits per heavy atom. The number of carbonyl (C=O) groups excluding carboxylic acids is 1. The Morgan fingerprint density at radius 1 is 1.05 bits per heavy atom. The van der Waals surface area contributed by atoms with Crippen LogP contribution in [0.2, 0.25) is 0 Å². The van der Waals surface area contributed by atoms with Crippen molar-refractivity contribution in [3.63, 3.8) is 0 Å². The molecule has 0 aliphatic carbocycles. The van der Waals surface area contributed by atoms with Gasteiger partial charge in [-0.2, -0.15) is 13.5 Å². The smallest absolute Gasteiger partial charge is 0.296 e. The summed E-state index contributed by atoms with van der Waals surface area (Å²) >= 11 is 0. The number of aryl methyl sites for hydroxylation is 1. The number of benzene rings is 3. The number of rotatable bonds is 7. The summed E-state index contributed by atoms with van der Waals surface area (Å²) in [6.07, 6.45) is 1.30. The van der Waals surface area contributed by atoms with Gasteiger partial charge in [-0.1, -0.05) is 12.1 Å². The standard InChI is InChI=1S/C25H20F2N6O4S/c1-13-8-15(6-7-22(13)37-23-5-3-2-4-17(23)26)33-25(28)16(12-30-33)24(34)21-10-14-9-18(27)20(11-19(14)31-21)32-38(29,35)36/h2-12,31-32H,28H2,1H3,(H2,29,35,36). The summed E-state index contributed by atoms with van der Waals surface area (Å²) in [5, 5.41) is 9.48. The van der Waals surface area contributed by atoms with E-state index in [1.165, 1.54) is 35.1 Å². The molecular formula is C25H20F2N6O4S. The number of nitrogen functional groups attached to an aromatic ring is 1. The number of ether oxygens (including phenoxy) is 1. The third-order valence-electron chi connectivity index (χ3n) is 5.72. The van der Waals surface area contributed by atoms with Gasteiger partial charge >= 0.3 is 0 Å². The first-order valence-electron chi connectivity index (χ1n) is 11.0. The second kappa shape index (κ2) is 9.28. The van der Waals surface area contributed by atoms with Crippen LogP contribution in [0.3, 0.4) is 0 Å². The molecule has 2 heterocycles. The summed E-state index contributed by atoms with van der Waals surface area (Å²) < 4.78 is 59.7. The molecule has 0 radical (unpaired) electrons. The number of para-hydroxylation sites is 1. The Labute approximate surface area is 215 Å². The number of fused-ring (bicyclic) bond motifs is 1. The number of ketones is 1. The van der Waals surface area contributed by atoms with Crippen LogP contribution >= 0.6 is 0 Å². The topological polar surface area (TPSA) is 158 Å². The molecule has 0 fully saturated rings. The number of halogens is 2. The van der Waals surface area contributed by atoms with Crippen molar-refractivity contribution in [1.82, 2.24) is 14.8 Å². The minimum absolute atomic E-state index is 0.0542. The number of aromatic nitrogens is 3. The summed E-state index contributed by atoms with van der Waals surface area (Å²) in [6.45, 7) is 1.77. The summed E-state index contributed by atoms with van der Waals surface area (Å²) in [4.78, 5) is 16.0. The van der Waals surface area contributed by atoms with E-state index in [0.29, 0.717) is 27.9 Å². The van der Waals surface area contributed by atoms with Crippen molar-refractivity contribution < 1.29 is 26.7 Å². The molecule has 0 spiro atoms. The third-order valence-corrected chi connectivity index (χ3v) is 6.22. The first-order valence-corrected chi connectivity index (χ1v) is 12.6. The Bertz CT molecular complexity index is 1830. The van der Waals surface area contributed by atoms with Crippen LogP contribution in [0.1, 0.15) is 21.6 Å². The molecule has 0 aliphatic rings. The summed E-state index contributed by atoms with van der Waals surface area (Å²) in [5.41, 5.74) is 7.57. The third kappa shape index (κ3) is 4.79. The number of anilines is 2. The van der Waals surface area contributed by atoms with Crippen LogP contribution in [0.5, 0.6) is 11.5 Å². The number of nitrogens with zero attached hydrogens (tertiary/aromatic N) is 2. The second-order valence-corrected chi connectivity index (χ2v) is 9.71. The zero-order chi connectivity index (χ0) is 27.2. The fourth-order valence-corrected chi connectivity index (χ4v) is 4.38. The van der Waals surface area contributed by atoms with E-state index in [1.54, 1.807) is 37.3 Å². The largest absolute Gasteiger partial charge is 0.454 e. The van der Waals surface area contributed by atoms with Crippen LogP contribution in [0.25, 0.3) is 16.6 Å². The molecule has 10 nitrogen and oxygen atoms in total. The monoisotopic (exact) mass is 538 g/mol. The molecule has 6 N–H and O–H groups in total. The maximum absolute atomic E-state index is 14.3. The molecule has 38 heavy (non-hydrogen) atoms. The molecule has 3 aromatic carbocycles. The van der Waals surface area contributed by atoms with E-state index in [2.05, 4.69) is 10.1 Å². The highest BCUT2D eigenvalue weighted by atomic mass is 32.2. The van der Waals surface area contributed by atoms with Gasteiger partial charge in [-0.25, -0.2) is 18.6 Å². The molecule has 5 rings (SSSR count). The molecule has 0 unspecified atom stereocenters. The molecule has 2 aromatic heterocycles. The van der Waals surface area contributed by atoms with Gasteiger partial charge in [0, 0.05) is 10.9 Å². The van der Waals surface area contributed by atoms with E-state index >= 15 is 0 Å². The molecule has 194 valence electrons. The number of hydrogen-bond donors (Lipinski definition) is 4. The molecule has 13 heteroatoms. The fraction of sp³-hybridized carbons (Fsp3) is 0.0400. The predicted octanol–water partition coefficient (Wildman–Crippen LogP) is 4.16. The van der Waals surface area contributed by atoms with E-state index in [1.807, 2.05) is 4.72 Å². The highest BCUT2D eigenvalue weighted by Crippen LogP contribution is 2.30. The summed E-state index contributed by atoms with van der Waals surface area (Å²) in [5.74, 6) is -1.30. The molecule has 0 saturated heterocycles. The molecule has 0 bridgehead atoms. The maximum Gasteiger partial charge on any atom is 0.296 e. The molecular weight excluding hydrogens is 518 g/mol. The SMILES string of the molecule is Cc1cc(-n2ncc(C(=O)c3cc4cc(F)c(NS(N)(=O)=O)cc4[nH]3)c2N)ccc1Oc1ccccc1F. The first-order chi connectivity index (χ1) is 18.0. The van der Waals surface area contributed by atoms with Crippen molar-refractivity contribution in [1.29, 1.82) is 0 Å². The van der Waals surface area contributed by atoms with Crippen molar-refractivity contribution in [2.45, 2.75) is 6.92 Å². The molecule has 0 saturated carbocycles. The van der Waals surface area contributed by atoms with Crippen LogP contribution in [0.15, 0.2) is 66.9 Å². The number of nitrogens with one attached hydrogen (secondary N) is 2. The van der Waals surface area contributed by atoms with Crippen molar-refractivity contribution >= 4 is 38.4 Å². The van der Waals surface area contributed by atoms with Crippen LogP contribution in [0, 0.1) is 18.6 Å². The van der Waals surface area contributed by atoms with Crippen molar-refractivity contribution in [2.75, 3.05) is 10.5 Å². The Morgan fingerprint density at radius 3 is 2.53 bits per heavy atom. The fourth-order valence-electron chi connectivity index (χ4n) is 3.92. The number of H-pyrrole nitrogens is 1. The Balaban J connectivity index is 1.43. The number of nitrogens with two attached hydrogens (primary N) is 2. The van der Waals surface area contributed by atoms with Gasteiger partial charge in [0.15, 0.2) is 11.6 Å². The van der Waals surface area contributed by atoms with Crippen LogP contribution in [-0.2, 0) is 10.2 Å². The number of aromatic amines is 1. The minimum atomic E-state index is -4.20. The zero-order valence-electron chi connectivity index (χ0n) is 19.7. The average Bonchev–Trinajstić information content (AvgIpc) is 3.43. The zero-order valence-corrected chi connectivity index (χ0v) is 20.5. The molecule has 0 atom stereocenters. The van der Waals surface area contributed by atoms with E-state index < -0.39 is 27.6 Å². The van der Waals surface area contributed by atoms with Gasteiger partial charge < -0.3 is 15.5 Å². The van der Waals surface area contributed by atoms with Crippen LogP contribution in [0.4, 0.5) is 20.3 Å². The quantitative estimate of drug-likeness (QED) is 0.228. The van der Waals surface area contributed by atoms with Gasteiger partial charge in [-0.15, -0.1) is 0 Å². The Kier molecular flexibility index (Phi) is 6.09. The highest BCUT2D eigenvalue weighted by molar-refractivity contribution is 7.90. The highest BCUT2D eigenvalue weighted by Gasteiger charge is 2.21. The lowest BCUT2D eigenvalue weighted by molar-refractivity contribution is 0.103. The summed E-state index contributed by atoms with van der Waals surface area (Å²) in [6, 6.07) is 14.7. The number of hydrogen-bond acceptors (Lipinski definition) is 6. The second-order valence-electron chi connectivity index (χ2n) is 8.42. The minimum Gasteiger partial charge on any atom is -0.454 e. The van der Waals surface area contributed by atoms with Gasteiger partial charge in [0.25, 0.3) is 10.2 Å². The number of carbonyl (C=O) groups is 1. The maximum atomic E-state index is 14.3. The lowest BCUT2D eigenvalue weighted by Gasteiger charge is -2.12. The van der Waals surface area contributed by atoms with E-state index in [9.17, 15) is 22.0 Å². The van der Waals surface area contributed by atoms with Crippen molar-refractivity contribution in [2.24, 2.45) is 5.14 Å². The van der Waals surface area contributed by atoms with Gasteiger partial charge in [0.1, 0.15) is 17.4 Å². The molecule has 0 amide bonds. The Hall–Kier alpha value is -4.75. The van der Waals surface area contributed by atoms with Crippen molar-refractivity contribution in [3.8, 4) is 17.2 Å². The summed E-state index contributed by atoms with van der Waals surface area (Å²) in [7, 11) is -4.20. The molecule has 5 aromatic rings. The average molecular weight is 539 g/mol. The van der Waals surface area contributed by atoms with Crippen molar-refractivity contribution in [3.05, 3.63) is 95.3 Å².